The second kappa shape index (κ2) is 9.80. The molecule has 4 heterocycles. The fourth-order valence-electron chi connectivity index (χ4n) is 3.65. The molecule has 172 valence electrons. The Morgan fingerprint density at radius 1 is 1.12 bits per heavy atom. The summed E-state index contributed by atoms with van der Waals surface area (Å²) in [7, 11) is 2.08. The monoisotopic (exact) mass is 490 g/mol. The highest BCUT2D eigenvalue weighted by molar-refractivity contribution is 7.16. The molecular weight excluding hydrogens is 468 g/mol. The van der Waals surface area contributed by atoms with Crippen LogP contribution in [0.25, 0.3) is 10.6 Å². The van der Waals surface area contributed by atoms with E-state index >= 15 is 0 Å². The minimum absolute atomic E-state index is 0.214. The molecule has 2 amide bonds. The average Bonchev–Trinajstić information content (AvgIpc) is 3.50. The molecule has 1 aliphatic heterocycles. The molecule has 0 spiro atoms. The highest BCUT2D eigenvalue weighted by atomic mass is 32.1. The molecule has 0 atom stereocenters. The predicted octanol–water partition coefficient (Wildman–Crippen LogP) is 3.83. The normalized spacial score (nSPS) is 13.3. The standard InChI is InChI=1S/C24H22N6O2S2/c1-30-10-7-18-20(13-30)34-24(28-18)29-21(31)17-4-2-3-15(11-17)12-26-22(32)19-14-33-23(27-19)16-5-8-25-9-6-16/h2-6,8-9,11,14H,7,10,12-13H2,1H3,(H,26,32)(H,28,29,31). The van der Waals surface area contributed by atoms with Crippen LogP contribution in [0.1, 0.15) is 37.0 Å². The molecule has 2 N–H and O–H groups in total. The van der Waals surface area contributed by atoms with Crippen LogP contribution in [-0.2, 0) is 19.5 Å². The third kappa shape index (κ3) is 5.04. The summed E-state index contributed by atoms with van der Waals surface area (Å²) in [5.41, 5.74) is 3.70. The van der Waals surface area contributed by atoms with Gasteiger partial charge in [0.2, 0.25) is 0 Å². The summed E-state index contributed by atoms with van der Waals surface area (Å²) in [6, 6.07) is 10.9. The van der Waals surface area contributed by atoms with Crippen molar-refractivity contribution in [3.05, 3.63) is 81.6 Å². The summed E-state index contributed by atoms with van der Waals surface area (Å²) >= 11 is 2.94. The van der Waals surface area contributed by atoms with Gasteiger partial charge in [0.15, 0.2) is 5.13 Å². The van der Waals surface area contributed by atoms with Gasteiger partial charge >= 0.3 is 0 Å². The number of rotatable bonds is 6. The van der Waals surface area contributed by atoms with Gasteiger partial charge in [-0.25, -0.2) is 9.97 Å². The van der Waals surface area contributed by atoms with Gasteiger partial charge in [0.05, 0.1) is 5.69 Å². The molecule has 1 aliphatic rings. The molecule has 0 radical (unpaired) electrons. The van der Waals surface area contributed by atoms with Gasteiger partial charge in [-0.05, 0) is 36.9 Å². The topological polar surface area (TPSA) is 100 Å². The summed E-state index contributed by atoms with van der Waals surface area (Å²) in [4.78, 5) is 41.8. The first-order valence-electron chi connectivity index (χ1n) is 10.8. The van der Waals surface area contributed by atoms with Gasteiger partial charge < -0.3 is 10.2 Å². The Morgan fingerprint density at radius 3 is 2.82 bits per heavy atom. The lowest BCUT2D eigenvalue weighted by atomic mass is 10.1. The van der Waals surface area contributed by atoms with E-state index in [-0.39, 0.29) is 11.8 Å². The first-order valence-corrected chi connectivity index (χ1v) is 12.5. The zero-order chi connectivity index (χ0) is 23.5. The summed E-state index contributed by atoms with van der Waals surface area (Å²) < 4.78 is 0. The highest BCUT2D eigenvalue weighted by Crippen LogP contribution is 2.28. The van der Waals surface area contributed by atoms with E-state index in [0.717, 1.165) is 41.3 Å². The summed E-state index contributed by atoms with van der Waals surface area (Å²) in [6.45, 7) is 2.13. The maximum atomic E-state index is 12.8. The number of aromatic nitrogens is 3. The van der Waals surface area contributed by atoms with E-state index in [9.17, 15) is 9.59 Å². The number of benzene rings is 1. The first-order chi connectivity index (χ1) is 16.5. The number of amides is 2. The maximum absolute atomic E-state index is 12.8. The maximum Gasteiger partial charge on any atom is 0.271 e. The van der Waals surface area contributed by atoms with Gasteiger partial charge in [0.1, 0.15) is 10.7 Å². The summed E-state index contributed by atoms with van der Waals surface area (Å²) in [5.74, 6) is -0.473. The van der Waals surface area contributed by atoms with Gasteiger partial charge in [-0.15, -0.1) is 22.7 Å². The molecule has 0 saturated carbocycles. The number of hydrogen-bond donors (Lipinski definition) is 2. The quantitative estimate of drug-likeness (QED) is 0.426. The Labute approximate surface area is 204 Å². The number of carbonyl (C=O) groups is 2. The molecule has 0 aliphatic carbocycles. The summed E-state index contributed by atoms with van der Waals surface area (Å²) in [5, 5.41) is 8.92. The fourth-order valence-corrected chi connectivity index (χ4v) is 5.54. The van der Waals surface area contributed by atoms with Crippen LogP contribution in [0.15, 0.2) is 54.2 Å². The van der Waals surface area contributed by atoms with Gasteiger partial charge in [0, 0.05) is 59.8 Å². The van der Waals surface area contributed by atoms with Crippen LogP contribution in [0, 0.1) is 0 Å². The number of fused-ring (bicyclic) bond motifs is 1. The number of hydrogen-bond acceptors (Lipinski definition) is 8. The number of anilines is 1. The molecule has 0 unspecified atom stereocenters. The minimum atomic E-state index is -0.259. The highest BCUT2D eigenvalue weighted by Gasteiger charge is 2.19. The Bertz CT molecular complexity index is 1330. The van der Waals surface area contributed by atoms with Crippen molar-refractivity contribution in [1.82, 2.24) is 25.2 Å². The van der Waals surface area contributed by atoms with Gasteiger partial charge in [0.25, 0.3) is 11.8 Å². The zero-order valence-corrected chi connectivity index (χ0v) is 20.1. The van der Waals surface area contributed by atoms with E-state index in [4.69, 9.17) is 0 Å². The smallest absolute Gasteiger partial charge is 0.271 e. The van der Waals surface area contributed by atoms with Gasteiger partial charge in [-0.1, -0.05) is 12.1 Å². The largest absolute Gasteiger partial charge is 0.347 e. The molecule has 5 rings (SSSR count). The number of nitrogens with zero attached hydrogens (tertiary/aromatic N) is 4. The second-order valence-corrected chi connectivity index (χ2v) is 9.93. The fraction of sp³-hybridized carbons (Fsp3) is 0.208. The van der Waals surface area contributed by atoms with E-state index < -0.39 is 0 Å². The van der Waals surface area contributed by atoms with Crippen molar-refractivity contribution in [2.75, 3.05) is 18.9 Å². The van der Waals surface area contributed by atoms with Crippen molar-refractivity contribution in [1.29, 1.82) is 0 Å². The third-order valence-corrected chi connectivity index (χ3v) is 7.34. The molecule has 3 aromatic heterocycles. The average molecular weight is 491 g/mol. The third-order valence-electron chi connectivity index (χ3n) is 5.45. The molecule has 0 fully saturated rings. The van der Waals surface area contributed by atoms with Crippen molar-refractivity contribution < 1.29 is 9.59 Å². The molecule has 8 nitrogen and oxygen atoms in total. The lowest BCUT2D eigenvalue weighted by Gasteiger charge is -2.20. The van der Waals surface area contributed by atoms with Crippen LogP contribution in [0.4, 0.5) is 5.13 Å². The van der Waals surface area contributed by atoms with E-state index in [1.807, 2.05) is 24.3 Å². The number of pyridine rings is 1. The van der Waals surface area contributed by atoms with Crippen LogP contribution in [0.5, 0.6) is 0 Å². The van der Waals surface area contributed by atoms with Crippen molar-refractivity contribution >= 4 is 39.6 Å². The molecular formula is C24H22N6O2S2. The Morgan fingerprint density at radius 2 is 1.97 bits per heavy atom. The number of thiazole rings is 2. The molecule has 34 heavy (non-hydrogen) atoms. The molecule has 4 aromatic rings. The summed E-state index contributed by atoms with van der Waals surface area (Å²) in [6.07, 6.45) is 4.29. The Hall–Kier alpha value is -3.47. The molecule has 1 aromatic carbocycles. The zero-order valence-electron chi connectivity index (χ0n) is 18.4. The molecule has 0 saturated heterocycles. The van der Waals surface area contributed by atoms with E-state index in [2.05, 4.69) is 37.5 Å². The second-order valence-electron chi connectivity index (χ2n) is 7.99. The molecule has 0 bridgehead atoms. The van der Waals surface area contributed by atoms with Gasteiger partial charge in [-0.2, -0.15) is 0 Å². The first kappa shape index (κ1) is 22.3. The van der Waals surface area contributed by atoms with Crippen molar-refractivity contribution in [3.8, 4) is 10.6 Å². The SMILES string of the molecule is CN1CCc2nc(NC(=O)c3cccc(CNC(=O)c4csc(-c5ccncc5)n4)c3)sc2C1. The van der Waals surface area contributed by atoms with Crippen LogP contribution in [0.2, 0.25) is 0 Å². The number of nitrogens with one attached hydrogen (secondary N) is 2. The van der Waals surface area contributed by atoms with E-state index in [0.29, 0.717) is 22.9 Å². The van der Waals surface area contributed by atoms with Crippen LogP contribution in [-0.4, -0.2) is 45.3 Å². The molecule has 10 heteroatoms. The van der Waals surface area contributed by atoms with Crippen LogP contribution < -0.4 is 10.6 Å². The number of likely N-dealkylation sites (N-methyl/N-ethyl adjacent to an activating group) is 1. The lowest BCUT2D eigenvalue weighted by Crippen LogP contribution is -2.25. The Kier molecular flexibility index (Phi) is 6.43. The van der Waals surface area contributed by atoms with Gasteiger partial charge in [-0.3, -0.25) is 19.9 Å². The lowest BCUT2D eigenvalue weighted by molar-refractivity contribution is 0.0946. The van der Waals surface area contributed by atoms with Crippen LogP contribution >= 0.6 is 22.7 Å². The van der Waals surface area contributed by atoms with Crippen molar-refractivity contribution in [2.24, 2.45) is 0 Å². The minimum Gasteiger partial charge on any atom is -0.347 e. The number of carbonyl (C=O) groups excluding carboxylic acids is 2. The van der Waals surface area contributed by atoms with Crippen LogP contribution in [0.3, 0.4) is 0 Å². The Balaban J connectivity index is 1.20. The predicted molar refractivity (Wildman–Crippen MR) is 133 cm³/mol. The van der Waals surface area contributed by atoms with Crippen molar-refractivity contribution in [2.45, 2.75) is 19.5 Å². The van der Waals surface area contributed by atoms with E-state index in [1.54, 1.807) is 29.9 Å². The van der Waals surface area contributed by atoms with E-state index in [1.165, 1.54) is 27.6 Å². The van der Waals surface area contributed by atoms with Crippen molar-refractivity contribution in [3.63, 3.8) is 0 Å².